The molecule has 0 unspecified atom stereocenters. The van der Waals surface area contributed by atoms with E-state index in [0.717, 1.165) is 56.9 Å². The normalized spacial score (nSPS) is 12.6. The summed E-state index contributed by atoms with van der Waals surface area (Å²) in [7, 11) is 0. The van der Waals surface area contributed by atoms with E-state index in [1.807, 2.05) is 97.1 Å². The summed E-state index contributed by atoms with van der Waals surface area (Å²) in [5, 5.41) is 2.85. The lowest BCUT2D eigenvalue weighted by Gasteiger charge is -2.04. The third-order valence-corrected chi connectivity index (χ3v) is 13.0. The van der Waals surface area contributed by atoms with Gasteiger partial charge in [0.15, 0.2) is 17.2 Å². The molecule has 0 fully saturated rings. The van der Waals surface area contributed by atoms with Crippen LogP contribution in [0.15, 0.2) is 107 Å². The fourth-order valence-corrected chi connectivity index (χ4v) is 10.4. The van der Waals surface area contributed by atoms with Gasteiger partial charge in [-0.05, 0) is 60.4 Å². The number of pyridine rings is 2. The maximum Gasteiger partial charge on any atom is 0.274 e. The Bertz CT molecular complexity index is 3260. The second kappa shape index (κ2) is 12.4. The second-order valence-corrected chi connectivity index (χ2v) is 16.3. The van der Waals surface area contributed by atoms with Crippen LogP contribution in [-0.4, -0.2) is 30.3 Å². The molecule has 256 valence electrons. The van der Waals surface area contributed by atoms with Crippen LogP contribution in [0.3, 0.4) is 0 Å². The van der Waals surface area contributed by atoms with Crippen LogP contribution in [0.5, 0.6) is 0 Å². The maximum atomic E-state index is 14.3. The van der Waals surface area contributed by atoms with Crippen molar-refractivity contribution in [2.45, 2.75) is 25.7 Å². The lowest BCUT2D eigenvalue weighted by molar-refractivity contribution is -0.115. The van der Waals surface area contributed by atoms with E-state index in [1.54, 1.807) is 21.0 Å². The van der Waals surface area contributed by atoms with E-state index in [2.05, 4.69) is 0 Å². The van der Waals surface area contributed by atoms with Crippen molar-refractivity contribution < 1.29 is 9.59 Å². The molecule has 0 N–H and O–H groups in total. The van der Waals surface area contributed by atoms with E-state index in [1.165, 1.54) is 34.0 Å². The molecule has 53 heavy (non-hydrogen) atoms. The van der Waals surface area contributed by atoms with Crippen LogP contribution in [0.2, 0.25) is 0 Å². The number of nitrogens with zero attached hydrogens (tertiary/aromatic N) is 4. The quantitative estimate of drug-likeness (QED) is 0.102. The minimum Gasteiger partial charge on any atom is -0.295 e. The molecule has 7 heterocycles. The first-order chi connectivity index (χ1) is 25.9. The number of carbonyl (C=O) groups excluding carboxylic acids is 2. The van der Waals surface area contributed by atoms with E-state index in [0.29, 0.717) is 52.6 Å². The van der Waals surface area contributed by atoms with Crippen molar-refractivity contribution in [3.8, 4) is 0 Å². The summed E-state index contributed by atoms with van der Waals surface area (Å²) < 4.78 is 4.69. The first-order valence-electron chi connectivity index (χ1n) is 17.1. The molecule has 0 radical (unpaired) electrons. The molecule has 0 aliphatic rings. The van der Waals surface area contributed by atoms with Gasteiger partial charge >= 0.3 is 0 Å². The van der Waals surface area contributed by atoms with Gasteiger partial charge in [0.05, 0.1) is 15.7 Å². The number of thiophene rings is 3. The Balaban J connectivity index is 0.993. The second-order valence-electron chi connectivity index (χ2n) is 13.0. The SMILES string of the molecule is O=C(/C=C/c1ccccc1)CCc1cc2c(nc3c4ccc5c(=O)n6c7cc(CCC(=O)/C=C/c8ccccc8)sc7nc6c6sc(c(=O)n23)c4c56)s1. The minimum atomic E-state index is -0.183. The topological polar surface area (TPSA) is 103 Å². The summed E-state index contributed by atoms with van der Waals surface area (Å²) in [6.45, 7) is 0. The summed E-state index contributed by atoms with van der Waals surface area (Å²) in [5.74, 6) is 0.0718. The third kappa shape index (κ3) is 5.22. The molecule has 10 rings (SSSR count). The van der Waals surface area contributed by atoms with E-state index >= 15 is 0 Å². The highest BCUT2D eigenvalue weighted by Gasteiger charge is 2.26. The number of benzene rings is 3. The van der Waals surface area contributed by atoms with Crippen LogP contribution in [-0.2, 0) is 22.4 Å². The molecule has 0 bridgehead atoms. The van der Waals surface area contributed by atoms with Gasteiger partial charge in [-0.3, -0.25) is 28.0 Å². The fourth-order valence-electron chi connectivity index (χ4n) is 7.17. The van der Waals surface area contributed by atoms with Crippen LogP contribution >= 0.6 is 34.0 Å². The predicted molar refractivity (Wildman–Crippen MR) is 218 cm³/mol. The van der Waals surface area contributed by atoms with Crippen molar-refractivity contribution in [1.29, 1.82) is 0 Å². The van der Waals surface area contributed by atoms with Crippen molar-refractivity contribution in [2.75, 3.05) is 0 Å². The van der Waals surface area contributed by atoms with E-state index in [-0.39, 0.29) is 22.7 Å². The number of hydrogen-bond donors (Lipinski definition) is 0. The van der Waals surface area contributed by atoms with Gasteiger partial charge in [0.2, 0.25) is 0 Å². The van der Waals surface area contributed by atoms with Gasteiger partial charge in [-0.15, -0.1) is 34.0 Å². The van der Waals surface area contributed by atoms with Crippen LogP contribution in [0, 0.1) is 0 Å². The highest BCUT2D eigenvalue weighted by Crippen LogP contribution is 2.43. The number of fused-ring (bicyclic) bond motifs is 8. The molecule has 8 nitrogen and oxygen atoms in total. The van der Waals surface area contributed by atoms with Crippen molar-refractivity contribution in [3.63, 3.8) is 0 Å². The van der Waals surface area contributed by atoms with Crippen molar-refractivity contribution in [1.82, 2.24) is 18.8 Å². The molecule has 10 aromatic rings. The highest BCUT2D eigenvalue weighted by atomic mass is 32.1. The van der Waals surface area contributed by atoms with Gasteiger partial charge < -0.3 is 0 Å². The number of rotatable bonds is 10. The Morgan fingerprint density at radius 2 is 1.09 bits per heavy atom. The molecular weight excluding hydrogens is 721 g/mol. The number of hydrogen-bond acceptors (Lipinski definition) is 9. The molecule has 0 spiro atoms. The Kier molecular flexibility index (Phi) is 7.43. The lowest BCUT2D eigenvalue weighted by Crippen LogP contribution is -2.13. The molecule has 7 aromatic heterocycles. The summed E-state index contributed by atoms with van der Waals surface area (Å²) in [4.78, 5) is 66.9. The lowest BCUT2D eigenvalue weighted by atomic mass is 10.0. The largest absolute Gasteiger partial charge is 0.295 e. The first-order valence-corrected chi connectivity index (χ1v) is 19.6. The zero-order valence-corrected chi connectivity index (χ0v) is 30.3. The smallest absolute Gasteiger partial charge is 0.274 e. The predicted octanol–water partition coefficient (Wildman–Crippen LogP) is 8.96. The maximum absolute atomic E-state index is 14.3. The molecule has 0 saturated heterocycles. The Hall–Kier alpha value is -5.88. The zero-order valence-electron chi connectivity index (χ0n) is 27.9. The van der Waals surface area contributed by atoms with Crippen LogP contribution in [0.25, 0.3) is 75.1 Å². The number of ketones is 2. The Morgan fingerprint density at radius 1 is 0.585 bits per heavy atom. The number of aromatic nitrogens is 4. The fraction of sp³-hybridized carbons (Fsp3) is 0.0952. The molecule has 0 aliphatic heterocycles. The molecule has 0 saturated carbocycles. The van der Waals surface area contributed by atoms with Gasteiger partial charge in [0, 0.05) is 44.1 Å². The molecule has 0 aliphatic carbocycles. The van der Waals surface area contributed by atoms with Crippen LogP contribution in [0.1, 0.15) is 33.7 Å². The molecule has 3 aromatic carbocycles. The number of carbonyl (C=O) groups is 2. The van der Waals surface area contributed by atoms with Gasteiger partial charge in [-0.25, -0.2) is 9.97 Å². The summed E-state index contributed by atoms with van der Waals surface area (Å²) in [6, 6.07) is 27.1. The summed E-state index contributed by atoms with van der Waals surface area (Å²) >= 11 is 4.35. The highest BCUT2D eigenvalue weighted by molar-refractivity contribution is 7.27. The zero-order chi connectivity index (χ0) is 35.8. The number of aryl methyl sites for hydroxylation is 2. The third-order valence-electron chi connectivity index (χ3n) is 9.71. The summed E-state index contributed by atoms with van der Waals surface area (Å²) in [5.41, 5.74) is 4.13. The van der Waals surface area contributed by atoms with Crippen molar-refractivity contribution >= 4 is 121 Å². The monoisotopic (exact) mass is 746 g/mol. The molecular formula is C42H26N4O4S3. The standard InChI is InChI=1S/C42H26N4O4S3/c47-25(13-11-23-7-3-1-4-8-23)15-17-27-21-31-39(51-27)43-37-29-19-20-30-34-33(29)36(42(50)45(31)37)53-35(34)38-44-40-32(46(38)41(30)49)22-28(52-40)18-16-26(48)14-12-24-9-5-2-6-10-24/h1-14,19-22H,15-18H2/b13-11+,14-12+. The van der Waals surface area contributed by atoms with E-state index in [9.17, 15) is 19.2 Å². The van der Waals surface area contributed by atoms with E-state index in [4.69, 9.17) is 9.97 Å². The van der Waals surface area contributed by atoms with Gasteiger partial charge in [0.25, 0.3) is 11.1 Å². The minimum absolute atomic E-state index is 0.0343. The molecule has 0 atom stereocenters. The van der Waals surface area contributed by atoms with Gasteiger partial charge in [-0.1, -0.05) is 72.8 Å². The van der Waals surface area contributed by atoms with E-state index < -0.39 is 0 Å². The van der Waals surface area contributed by atoms with Gasteiger partial charge in [0.1, 0.15) is 20.0 Å². The average molecular weight is 747 g/mol. The Morgan fingerprint density at radius 3 is 1.68 bits per heavy atom. The molecule has 11 heteroatoms. The average Bonchev–Trinajstić information content (AvgIpc) is 3.99. The first kappa shape index (κ1) is 31.8. The van der Waals surface area contributed by atoms with Gasteiger partial charge in [-0.2, -0.15) is 0 Å². The van der Waals surface area contributed by atoms with Crippen molar-refractivity contribution in [3.05, 3.63) is 139 Å². The van der Waals surface area contributed by atoms with Crippen LogP contribution in [0.4, 0.5) is 0 Å². The molecule has 0 amide bonds. The summed E-state index contributed by atoms with van der Waals surface area (Å²) in [6.07, 6.45) is 8.71. The number of allylic oxidation sites excluding steroid dienone is 2. The number of imidazole rings is 2. The Labute approximate surface area is 311 Å². The van der Waals surface area contributed by atoms with Crippen molar-refractivity contribution in [2.24, 2.45) is 0 Å². The van der Waals surface area contributed by atoms with Crippen LogP contribution < -0.4 is 11.1 Å².